The van der Waals surface area contributed by atoms with Crippen LogP contribution in [-0.4, -0.2) is 26.4 Å². The van der Waals surface area contributed by atoms with Crippen LogP contribution in [-0.2, 0) is 4.74 Å². The summed E-state index contributed by atoms with van der Waals surface area (Å²) in [5, 5.41) is 5.25. The summed E-state index contributed by atoms with van der Waals surface area (Å²) in [4.78, 5) is 10.9. The Kier molecular flexibility index (Phi) is 6.47. The smallest absolute Gasteiger partial charge is 0.316 e. The highest BCUT2D eigenvalue weighted by Crippen LogP contribution is 1.95. The third-order valence-corrected chi connectivity index (χ3v) is 1.38. The molecule has 0 atom stereocenters. The molecule has 0 bridgehead atoms. The van der Waals surface area contributed by atoms with Crippen molar-refractivity contribution >= 4 is 6.03 Å². The van der Waals surface area contributed by atoms with E-state index < -0.39 is 0 Å². The monoisotopic (exact) mass is 174 g/mol. The zero-order valence-electron chi connectivity index (χ0n) is 8.02. The van der Waals surface area contributed by atoms with Crippen molar-refractivity contribution in [1.82, 2.24) is 10.6 Å². The lowest BCUT2D eigenvalue weighted by Crippen LogP contribution is -2.37. The predicted molar refractivity (Wildman–Crippen MR) is 47.9 cm³/mol. The van der Waals surface area contributed by atoms with Crippen LogP contribution in [0, 0.1) is 5.92 Å². The van der Waals surface area contributed by atoms with Gasteiger partial charge in [0.05, 0.1) is 0 Å². The van der Waals surface area contributed by atoms with Gasteiger partial charge in [-0.1, -0.05) is 13.8 Å². The molecule has 0 aliphatic heterocycles. The van der Waals surface area contributed by atoms with E-state index in [1.165, 1.54) is 7.11 Å². The van der Waals surface area contributed by atoms with E-state index in [1.54, 1.807) is 0 Å². The van der Waals surface area contributed by atoms with Gasteiger partial charge in [0.1, 0.15) is 6.73 Å². The Morgan fingerprint density at radius 1 is 1.42 bits per heavy atom. The number of amides is 2. The minimum Gasteiger partial charge on any atom is -0.364 e. The second kappa shape index (κ2) is 6.91. The van der Waals surface area contributed by atoms with Crippen LogP contribution in [0.2, 0.25) is 0 Å². The predicted octanol–water partition coefficient (Wildman–Crippen LogP) is 0.936. The summed E-state index contributed by atoms with van der Waals surface area (Å²) in [7, 11) is 1.54. The molecule has 0 aliphatic rings. The van der Waals surface area contributed by atoms with Crippen molar-refractivity contribution < 1.29 is 9.53 Å². The lowest BCUT2D eigenvalue weighted by atomic mass is 10.1. The lowest BCUT2D eigenvalue weighted by Gasteiger charge is -2.07. The molecule has 0 aliphatic carbocycles. The van der Waals surface area contributed by atoms with Crippen molar-refractivity contribution in [2.24, 2.45) is 5.92 Å². The van der Waals surface area contributed by atoms with Crippen LogP contribution >= 0.6 is 0 Å². The molecule has 12 heavy (non-hydrogen) atoms. The average molecular weight is 174 g/mol. The third-order valence-electron chi connectivity index (χ3n) is 1.38. The highest BCUT2D eigenvalue weighted by atomic mass is 16.5. The summed E-state index contributed by atoms with van der Waals surface area (Å²) >= 11 is 0. The number of urea groups is 1. The number of hydrogen-bond acceptors (Lipinski definition) is 2. The first-order valence-corrected chi connectivity index (χ1v) is 4.17. The average Bonchev–Trinajstić information content (AvgIpc) is 2.00. The fourth-order valence-electron chi connectivity index (χ4n) is 0.675. The standard InChI is InChI=1S/C8H18N2O2/c1-7(2)4-5-9-8(11)10-6-12-3/h7H,4-6H2,1-3H3,(H2,9,10,11). The molecule has 0 unspecified atom stereocenters. The molecule has 0 saturated carbocycles. The van der Waals surface area contributed by atoms with Crippen LogP contribution in [0.1, 0.15) is 20.3 Å². The molecule has 0 spiro atoms. The van der Waals surface area contributed by atoms with Gasteiger partial charge in [0, 0.05) is 13.7 Å². The van der Waals surface area contributed by atoms with E-state index >= 15 is 0 Å². The van der Waals surface area contributed by atoms with E-state index in [4.69, 9.17) is 0 Å². The van der Waals surface area contributed by atoms with Gasteiger partial charge in [-0.25, -0.2) is 4.79 Å². The van der Waals surface area contributed by atoms with Gasteiger partial charge in [0.15, 0.2) is 0 Å². The fourth-order valence-corrected chi connectivity index (χ4v) is 0.675. The van der Waals surface area contributed by atoms with Gasteiger partial charge in [-0.3, -0.25) is 0 Å². The van der Waals surface area contributed by atoms with Crippen LogP contribution in [0.3, 0.4) is 0 Å². The van der Waals surface area contributed by atoms with Crippen molar-refractivity contribution in [2.75, 3.05) is 20.4 Å². The molecule has 0 aromatic rings. The molecule has 0 aromatic heterocycles. The Bertz CT molecular complexity index is 126. The number of ether oxygens (including phenoxy) is 1. The summed E-state index contributed by atoms with van der Waals surface area (Å²) in [6, 6.07) is -0.169. The highest BCUT2D eigenvalue weighted by Gasteiger charge is 1.98. The number of methoxy groups -OCH3 is 1. The normalized spacial score (nSPS) is 10.0. The molecule has 0 rings (SSSR count). The molecule has 0 fully saturated rings. The van der Waals surface area contributed by atoms with Gasteiger partial charge in [0.2, 0.25) is 0 Å². The summed E-state index contributed by atoms with van der Waals surface area (Å²) in [6.45, 7) is 5.21. The van der Waals surface area contributed by atoms with Gasteiger partial charge < -0.3 is 15.4 Å². The second-order valence-electron chi connectivity index (χ2n) is 3.05. The minimum atomic E-state index is -0.169. The third kappa shape index (κ3) is 7.34. The van der Waals surface area contributed by atoms with E-state index in [-0.39, 0.29) is 12.8 Å². The van der Waals surface area contributed by atoms with Crippen LogP contribution in [0.15, 0.2) is 0 Å². The first kappa shape index (κ1) is 11.2. The summed E-state index contributed by atoms with van der Waals surface area (Å²) < 4.78 is 4.67. The molecule has 0 saturated heterocycles. The van der Waals surface area contributed by atoms with Crippen molar-refractivity contribution in [3.05, 3.63) is 0 Å². The van der Waals surface area contributed by atoms with Crippen LogP contribution in [0.25, 0.3) is 0 Å². The molecule has 72 valence electrons. The van der Waals surface area contributed by atoms with Crippen LogP contribution in [0.4, 0.5) is 4.79 Å². The Hall–Kier alpha value is -0.770. The van der Waals surface area contributed by atoms with E-state index in [0.29, 0.717) is 12.5 Å². The zero-order valence-corrected chi connectivity index (χ0v) is 8.02. The van der Waals surface area contributed by atoms with E-state index in [0.717, 1.165) is 6.42 Å². The van der Waals surface area contributed by atoms with Gasteiger partial charge in [-0.15, -0.1) is 0 Å². The Morgan fingerprint density at radius 2 is 2.08 bits per heavy atom. The summed E-state index contributed by atoms with van der Waals surface area (Å²) in [6.07, 6.45) is 1.00. The van der Waals surface area contributed by atoms with Gasteiger partial charge in [-0.05, 0) is 12.3 Å². The van der Waals surface area contributed by atoms with Gasteiger partial charge in [0.25, 0.3) is 0 Å². The number of carbonyl (C=O) groups is 1. The van der Waals surface area contributed by atoms with E-state index in [1.807, 2.05) is 0 Å². The molecule has 2 amide bonds. The fraction of sp³-hybridized carbons (Fsp3) is 0.875. The molecule has 4 heteroatoms. The van der Waals surface area contributed by atoms with Crippen molar-refractivity contribution in [3.63, 3.8) is 0 Å². The quantitative estimate of drug-likeness (QED) is 0.609. The first-order valence-electron chi connectivity index (χ1n) is 4.17. The highest BCUT2D eigenvalue weighted by molar-refractivity contribution is 5.73. The Balaban J connectivity index is 3.20. The lowest BCUT2D eigenvalue weighted by molar-refractivity contribution is 0.172. The molecule has 0 radical (unpaired) electrons. The van der Waals surface area contributed by atoms with E-state index in [2.05, 4.69) is 29.2 Å². The Morgan fingerprint density at radius 3 is 2.58 bits per heavy atom. The number of carbonyl (C=O) groups excluding carboxylic acids is 1. The van der Waals surface area contributed by atoms with E-state index in [9.17, 15) is 4.79 Å². The number of nitrogens with one attached hydrogen (secondary N) is 2. The maximum absolute atomic E-state index is 10.9. The van der Waals surface area contributed by atoms with Crippen LogP contribution in [0.5, 0.6) is 0 Å². The van der Waals surface area contributed by atoms with Crippen LogP contribution < -0.4 is 10.6 Å². The second-order valence-corrected chi connectivity index (χ2v) is 3.05. The SMILES string of the molecule is COCNC(=O)NCCC(C)C. The molecular formula is C8H18N2O2. The molecule has 2 N–H and O–H groups in total. The topological polar surface area (TPSA) is 50.4 Å². The molecule has 0 aromatic carbocycles. The summed E-state index contributed by atoms with van der Waals surface area (Å²) in [5.41, 5.74) is 0. The number of rotatable bonds is 5. The van der Waals surface area contributed by atoms with Gasteiger partial charge in [-0.2, -0.15) is 0 Å². The maximum atomic E-state index is 10.9. The minimum absolute atomic E-state index is 0.169. The first-order chi connectivity index (χ1) is 5.66. The summed E-state index contributed by atoms with van der Waals surface area (Å²) in [5.74, 6) is 0.618. The number of hydrogen-bond donors (Lipinski definition) is 2. The maximum Gasteiger partial charge on any atom is 0.316 e. The Labute approximate surface area is 73.7 Å². The molecular weight excluding hydrogens is 156 g/mol. The molecule has 4 nitrogen and oxygen atoms in total. The largest absolute Gasteiger partial charge is 0.364 e. The zero-order chi connectivity index (χ0) is 9.40. The molecule has 0 heterocycles. The van der Waals surface area contributed by atoms with Crippen molar-refractivity contribution in [1.29, 1.82) is 0 Å². The van der Waals surface area contributed by atoms with Crippen molar-refractivity contribution in [2.45, 2.75) is 20.3 Å². The van der Waals surface area contributed by atoms with Crippen molar-refractivity contribution in [3.8, 4) is 0 Å². The van der Waals surface area contributed by atoms with Gasteiger partial charge >= 0.3 is 6.03 Å².